The fourth-order valence-corrected chi connectivity index (χ4v) is 4.19. The Bertz CT molecular complexity index is 626. The zero-order chi connectivity index (χ0) is 15.6. The van der Waals surface area contributed by atoms with E-state index in [1.807, 2.05) is 30.5 Å². The first-order chi connectivity index (χ1) is 10.6. The fraction of sp³-hybridized carbons (Fsp3) is 0.471. The van der Waals surface area contributed by atoms with Gasteiger partial charge in [0.15, 0.2) is 0 Å². The van der Waals surface area contributed by atoms with Gasteiger partial charge in [0, 0.05) is 4.88 Å². The molecule has 0 unspecified atom stereocenters. The third kappa shape index (κ3) is 2.83. The Balaban J connectivity index is 1.68. The first-order valence-corrected chi connectivity index (χ1v) is 8.56. The lowest BCUT2D eigenvalue weighted by molar-refractivity contribution is -0.127. The third-order valence-electron chi connectivity index (χ3n) is 4.43. The van der Waals surface area contributed by atoms with Gasteiger partial charge in [-0.3, -0.25) is 4.79 Å². The Morgan fingerprint density at radius 3 is 2.77 bits per heavy atom. The van der Waals surface area contributed by atoms with Crippen LogP contribution in [0.2, 0.25) is 0 Å². The van der Waals surface area contributed by atoms with Crippen molar-refractivity contribution in [2.45, 2.75) is 44.1 Å². The molecular formula is C17H21NO3S. The van der Waals surface area contributed by atoms with Crippen molar-refractivity contribution in [1.82, 2.24) is 5.32 Å². The Morgan fingerprint density at radius 2 is 2.18 bits per heavy atom. The molecule has 1 amide bonds. The van der Waals surface area contributed by atoms with Crippen molar-refractivity contribution in [3.8, 4) is 0 Å². The minimum absolute atomic E-state index is 0.0229. The van der Waals surface area contributed by atoms with Gasteiger partial charge in [0.1, 0.15) is 17.6 Å². The van der Waals surface area contributed by atoms with Crippen LogP contribution in [0.25, 0.3) is 0 Å². The molecule has 0 aromatic carbocycles. The van der Waals surface area contributed by atoms with Gasteiger partial charge in [0.05, 0.1) is 12.0 Å². The maximum absolute atomic E-state index is 12.8. The summed E-state index contributed by atoms with van der Waals surface area (Å²) in [6.45, 7) is 2.01. The molecule has 118 valence electrons. The maximum Gasteiger partial charge on any atom is 0.231 e. The SMILES string of the molecule is Cc1ccc([C@H](O)CNC(=O)C2(c3cccs3)CCCC2)o1. The summed E-state index contributed by atoms with van der Waals surface area (Å²) in [5, 5.41) is 15.1. The molecule has 0 radical (unpaired) electrons. The largest absolute Gasteiger partial charge is 0.464 e. The zero-order valence-corrected chi connectivity index (χ0v) is 13.5. The highest BCUT2D eigenvalue weighted by atomic mass is 32.1. The van der Waals surface area contributed by atoms with Gasteiger partial charge in [-0.2, -0.15) is 0 Å². The molecule has 0 aliphatic heterocycles. The van der Waals surface area contributed by atoms with Gasteiger partial charge in [-0.25, -0.2) is 0 Å². The van der Waals surface area contributed by atoms with Crippen molar-refractivity contribution >= 4 is 17.2 Å². The monoisotopic (exact) mass is 319 g/mol. The average molecular weight is 319 g/mol. The molecule has 2 aromatic heterocycles. The van der Waals surface area contributed by atoms with Crippen LogP contribution in [-0.4, -0.2) is 17.6 Å². The number of aliphatic hydroxyl groups is 1. The van der Waals surface area contributed by atoms with Crippen LogP contribution in [-0.2, 0) is 10.2 Å². The highest BCUT2D eigenvalue weighted by Crippen LogP contribution is 2.43. The lowest BCUT2D eigenvalue weighted by Gasteiger charge is -2.27. The molecule has 1 saturated carbocycles. The van der Waals surface area contributed by atoms with E-state index in [0.29, 0.717) is 5.76 Å². The van der Waals surface area contributed by atoms with Crippen molar-refractivity contribution in [1.29, 1.82) is 0 Å². The summed E-state index contributed by atoms with van der Waals surface area (Å²) < 4.78 is 5.40. The summed E-state index contributed by atoms with van der Waals surface area (Å²) in [6.07, 6.45) is 3.11. The minimum atomic E-state index is -0.806. The molecule has 3 rings (SSSR count). The summed E-state index contributed by atoms with van der Waals surface area (Å²) >= 11 is 1.64. The van der Waals surface area contributed by atoms with Crippen LogP contribution in [0.4, 0.5) is 0 Å². The molecule has 22 heavy (non-hydrogen) atoms. The molecule has 1 fully saturated rings. The van der Waals surface area contributed by atoms with Crippen molar-refractivity contribution in [2.24, 2.45) is 0 Å². The molecule has 2 N–H and O–H groups in total. The zero-order valence-electron chi connectivity index (χ0n) is 12.7. The Hall–Kier alpha value is -1.59. The smallest absolute Gasteiger partial charge is 0.231 e. The number of amides is 1. The number of thiophene rings is 1. The molecule has 2 heterocycles. The Labute approximate surface area is 134 Å². The fourth-order valence-electron chi connectivity index (χ4n) is 3.21. The van der Waals surface area contributed by atoms with Gasteiger partial charge in [-0.1, -0.05) is 18.9 Å². The molecule has 4 nitrogen and oxygen atoms in total. The third-order valence-corrected chi connectivity index (χ3v) is 5.50. The van der Waals surface area contributed by atoms with E-state index in [9.17, 15) is 9.90 Å². The Kier molecular flexibility index (Phi) is 4.36. The van der Waals surface area contributed by atoms with E-state index in [1.165, 1.54) is 0 Å². The number of aryl methyl sites for hydroxylation is 1. The number of aliphatic hydroxyl groups excluding tert-OH is 1. The second kappa shape index (κ2) is 6.26. The van der Waals surface area contributed by atoms with Crippen molar-refractivity contribution in [3.05, 3.63) is 46.0 Å². The molecule has 1 aliphatic rings. The van der Waals surface area contributed by atoms with E-state index < -0.39 is 11.5 Å². The summed E-state index contributed by atoms with van der Waals surface area (Å²) in [4.78, 5) is 13.9. The van der Waals surface area contributed by atoms with E-state index >= 15 is 0 Å². The van der Waals surface area contributed by atoms with Crippen LogP contribution in [0.1, 0.15) is 48.2 Å². The number of hydrogen-bond donors (Lipinski definition) is 2. The van der Waals surface area contributed by atoms with Gasteiger partial charge < -0.3 is 14.8 Å². The normalized spacial score (nSPS) is 18.3. The van der Waals surface area contributed by atoms with E-state index in [-0.39, 0.29) is 12.5 Å². The number of hydrogen-bond acceptors (Lipinski definition) is 4. The van der Waals surface area contributed by atoms with Crippen molar-refractivity contribution in [2.75, 3.05) is 6.54 Å². The lowest BCUT2D eigenvalue weighted by atomic mass is 9.83. The van der Waals surface area contributed by atoms with Gasteiger partial charge in [-0.15, -0.1) is 11.3 Å². The predicted octanol–water partition coefficient (Wildman–Crippen LogP) is 3.31. The first-order valence-electron chi connectivity index (χ1n) is 7.68. The van der Waals surface area contributed by atoms with Crippen LogP contribution < -0.4 is 5.32 Å². The van der Waals surface area contributed by atoms with Gasteiger partial charge in [0.2, 0.25) is 5.91 Å². The second-order valence-corrected chi connectivity index (χ2v) is 6.89. The second-order valence-electron chi connectivity index (χ2n) is 5.94. The number of furan rings is 1. The number of rotatable bonds is 5. The molecular weight excluding hydrogens is 298 g/mol. The van der Waals surface area contributed by atoms with Gasteiger partial charge >= 0.3 is 0 Å². The highest BCUT2D eigenvalue weighted by Gasteiger charge is 2.43. The lowest BCUT2D eigenvalue weighted by Crippen LogP contribution is -2.43. The quantitative estimate of drug-likeness (QED) is 0.889. The summed E-state index contributed by atoms with van der Waals surface area (Å²) in [6, 6.07) is 7.59. The molecule has 0 bridgehead atoms. The average Bonchev–Trinajstić information content (AvgIpc) is 3.23. The molecule has 2 aromatic rings. The number of carbonyl (C=O) groups is 1. The number of nitrogens with one attached hydrogen (secondary N) is 1. The molecule has 0 saturated heterocycles. The van der Waals surface area contributed by atoms with E-state index in [1.54, 1.807) is 17.4 Å². The van der Waals surface area contributed by atoms with Crippen molar-refractivity contribution in [3.63, 3.8) is 0 Å². The molecule has 1 aliphatic carbocycles. The first kappa shape index (κ1) is 15.3. The topological polar surface area (TPSA) is 62.5 Å². The van der Waals surface area contributed by atoms with Gasteiger partial charge in [-0.05, 0) is 43.3 Å². The van der Waals surface area contributed by atoms with Crippen molar-refractivity contribution < 1.29 is 14.3 Å². The standard InChI is InChI=1S/C17H21NO3S/c1-12-6-7-14(21-12)13(19)11-18-16(20)17(8-2-3-9-17)15-5-4-10-22-15/h4-7,10,13,19H,2-3,8-9,11H2,1H3,(H,18,20)/t13-/m1/s1. The molecule has 1 atom stereocenters. The van der Waals surface area contributed by atoms with Gasteiger partial charge in [0.25, 0.3) is 0 Å². The van der Waals surface area contributed by atoms with Crippen LogP contribution in [0, 0.1) is 6.92 Å². The number of carbonyl (C=O) groups excluding carboxylic acids is 1. The maximum atomic E-state index is 12.8. The van der Waals surface area contributed by atoms with E-state index in [2.05, 4.69) is 5.32 Å². The summed E-state index contributed by atoms with van der Waals surface area (Å²) in [5.41, 5.74) is -0.410. The van der Waals surface area contributed by atoms with E-state index in [0.717, 1.165) is 36.3 Å². The van der Waals surface area contributed by atoms with Crippen LogP contribution in [0.3, 0.4) is 0 Å². The Morgan fingerprint density at radius 1 is 1.41 bits per heavy atom. The van der Waals surface area contributed by atoms with Crippen LogP contribution in [0.5, 0.6) is 0 Å². The summed E-state index contributed by atoms with van der Waals surface area (Å²) in [7, 11) is 0. The molecule has 5 heteroatoms. The highest BCUT2D eigenvalue weighted by molar-refractivity contribution is 7.10. The molecule has 0 spiro atoms. The van der Waals surface area contributed by atoms with Crippen LogP contribution >= 0.6 is 11.3 Å². The predicted molar refractivity (Wildman–Crippen MR) is 85.9 cm³/mol. The summed E-state index contributed by atoms with van der Waals surface area (Å²) in [5.74, 6) is 1.27. The minimum Gasteiger partial charge on any atom is -0.464 e. The van der Waals surface area contributed by atoms with E-state index in [4.69, 9.17) is 4.42 Å². The van der Waals surface area contributed by atoms with Crippen LogP contribution in [0.15, 0.2) is 34.1 Å².